The fourth-order valence-corrected chi connectivity index (χ4v) is 2.92. The summed E-state index contributed by atoms with van der Waals surface area (Å²) in [6.45, 7) is 0. The quantitative estimate of drug-likeness (QED) is 0.517. The van der Waals surface area contributed by atoms with E-state index in [9.17, 15) is 14.0 Å². The number of fused-ring (bicyclic) bond motifs is 1. The number of anilines is 3. The Morgan fingerprint density at radius 1 is 1.11 bits per heavy atom. The number of halogens is 1. The number of hydrogen-bond acceptors (Lipinski definition) is 6. The molecule has 0 aliphatic heterocycles. The van der Waals surface area contributed by atoms with Gasteiger partial charge in [0.1, 0.15) is 11.4 Å². The van der Waals surface area contributed by atoms with Gasteiger partial charge in [0.05, 0.1) is 23.0 Å². The minimum atomic E-state index is -1.01. The lowest BCUT2D eigenvalue weighted by molar-refractivity contribution is -0.119. The van der Waals surface area contributed by atoms with Gasteiger partial charge in [-0.2, -0.15) is 0 Å². The first-order valence-electron chi connectivity index (χ1n) is 8.58. The SMILES string of the molecule is NC(=O)c1cc(F)c(NC2(C(N)=O)CC2)nc1Nc1cnc2ccccc2c1. The van der Waals surface area contributed by atoms with Crippen LogP contribution in [0.5, 0.6) is 0 Å². The van der Waals surface area contributed by atoms with Gasteiger partial charge >= 0.3 is 0 Å². The number of pyridine rings is 2. The van der Waals surface area contributed by atoms with E-state index in [4.69, 9.17) is 11.5 Å². The molecule has 0 bridgehead atoms. The van der Waals surface area contributed by atoms with E-state index >= 15 is 0 Å². The summed E-state index contributed by atoms with van der Waals surface area (Å²) >= 11 is 0. The molecule has 142 valence electrons. The van der Waals surface area contributed by atoms with Crippen molar-refractivity contribution in [3.63, 3.8) is 0 Å². The Kier molecular flexibility index (Phi) is 4.07. The molecule has 1 saturated carbocycles. The van der Waals surface area contributed by atoms with Crippen LogP contribution in [-0.4, -0.2) is 27.3 Å². The minimum absolute atomic E-state index is 0.0498. The molecule has 3 aromatic rings. The predicted molar refractivity (Wildman–Crippen MR) is 103 cm³/mol. The fraction of sp³-hybridized carbons (Fsp3) is 0.158. The van der Waals surface area contributed by atoms with Gasteiger partial charge in [0.2, 0.25) is 5.91 Å². The number of para-hydroxylation sites is 1. The maximum absolute atomic E-state index is 14.4. The Hall–Kier alpha value is -3.75. The number of hydrogen-bond donors (Lipinski definition) is 4. The monoisotopic (exact) mass is 380 g/mol. The second kappa shape index (κ2) is 6.45. The zero-order valence-electron chi connectivity index (χ0n) is 14.7. The third-order valence-electron chi connectivity index (χ3n) is 4.67. The molecular formula is C19H17FN6O2. The van der Waals surface area contributed by atoms with Gasteiger partial charge in [-0.1, -0.05) is 18.2 Å². The molecule has 0 unspecified atom stereocenters. The van der Waals surface area contributed by atoms with Crippen molar-refractivity contribution in [2.24, 2.45) is 11.5 Å². The van der Waals surface area contributed by atoms with Crippen molar-refractivity contribution in [1.82, 2.24) is 9.97 Å². The normalized spacial score (nSPS) is 14.5. The summed E-state index contributed by atoms with van der Waals surface area (Å²) in [5.41, 5.74) is 11.0. The number of nitrogens with zero attached hydrogens (tertiary/aromatic N) is 2. The van der Waals surface area contributed by atoms with Crippen molar-refractivity contribution in [2.45, 2.75) is 18.4 Å². The van der Waals surface area contributed by atoms with Crippen LogP contribution in [0, 0.1) is 5.82 Å². The van der Waals surface area contributed by atoms with Crippen LogP contribution in [0.25, 0.3) is 10.9 Å². The second-order valence-electron chi connectivity index (χ2n) is 6.69. The summed E-state index contributed by atoms with van der Waals surface area (Å²) in [5.74, 6) is -2.36. The minimum Gasteiger partial charge on any atom is -0.368 e. The summed E-state index contributed by atoms with van der Waals surface area (Å²) in [4.78, 5) is 31.8. The number of nitrogens with two attached hydrogens (primary N) is 2. The molecule has 0 atom stereocenters. The second-order valence-corrected chi connectivity index (χ2v) is 6.69. The van der Waals surface area contributed by atoms with Gasteiger partial charge in [0.25, 0.3) is 5.91 Å². The highest BCUT2D eigenvalue weighted by atomic mass is 19.1. The molecule has 9 heteroatoms. The lowest BCUT2D eigenvalue weighted by Crippen LogP contribution is -2.38. The van der Waals surface area contributed by atoms with Gasteiger partial charge in [-0.3, -0.25) is 14.6 Å². The average Bonchev–Trinajstić information content (AvgIpc) is 3.45. The molecule has 2 amide bonds. The number of carbonyl (C=O) groups is 2. The predicted octanol–water partition coefficient (Wildman–Crippen LogP) is 2.04. The summed E-state index contributed by atoms with van der Waals surface area (Å²) in [6.07, 6.45) is 2.54. The van der Waals surface area contributed by atoms with E-state index in [-0.39, 0.29) is 17.2 Å². The van der Waals surface area contributed by atoms with E-state index in [0.29, 0.717) is 18.5 Å². The third-order valence-corrected chi connectivity index (χ3v) is 4.67. The molecule has 0 radical (unpaired) electrons. The Balaban J connectivity index is 1.72. The molecule has 2 heterocycles. The van der Waals surface area contributed by atoms with E-state index in [1.165, 1.54) is 0 Å². The van der Waals surface area contributed by atoms with E-state index < -0.39 is 23.2 Å². The van der Waals surface area contributed by atoms with E-state index in [2.05, 4.69) is 20.6 Å². The number of aromatic nitrogens is 2. The number of rotatable bonds is 6. The highest BCUT2D eigenvalue weighted by molar-refractivity contribution is 5.99. The molecule has 2 aromatic heterocycles. The van der Waals surface area contributed by atoms with Crippen molar-refractivity contribution in [1.29, 1.82) is 0 Å². The van der Waals surface area contributed by atoms with E-state index in [1.54, 1.807) is 6.20 Å². The standard InChI is InChI=1S/C19H17FN6O2/c20-13-8-12(15(21)27)16(25-17(13)26-19(5-6-19)18(22)28)24-11-7-10-3-1-2-4-14(10)23-9-11/h1-4,7-9H,5-6H2,(H2,21,27)(H2,22,28)(H2,24,25,26). The average molecular weight is 380 g/mol. The maximum Gasteiger partial charge on any atom is 0.252 e. The van der Waals surface area contributed by atoms with Crippen LogP contribution in [0.15, 0.2) is 42.6 Å². The Morgan fingerprint density at radius 2 is 1.86 bits per heavy atom. The van der Waals surface area contributed by atoms with E-state index in [0.717, 1.165) is 17.0 Å². The van der Waals surface area contributed by atoms with Gasteiger partial charge in [0.15, 0.2) is 11.6 Å². The first-order chi connectivity index (χ1) is 13.4. The number of carbonyl (C=O) groups excluding carboxylic acids is 2. The highest BCUT2D eigenvalue weighted by Gasteiger charge is 2.49. The van der Waals surface area contributed by atoms with Crippen molar-refractivity contribution in [3.05, 3.63) is 54.0 Å². The third kappa shape index (κ3) is 3.18. The molecule has 1 fully saturated rings. The van der Waals surface area contributed by atoms with Crippen molar-refractivity contribution < 1.29 is 14.0 Å². The maximum atomic E-state index is 14.4. The summed E-state index contributed by atoms with van der Waals surface area (Å²) in [7, 11) is 0. The number of amides is 2. The summed E-state index contributed by atoms with van der Waals surface area (Å²) < 4.78 is 14.4. The first-order valence-corrected chi connectivity index (χ1v) is 8.58. The van der Waals surface area contributed by atoms with Crippen LogP contribution < -0.4 is 22.1 Å². The molecule has 0 spiro atoms. The Morgan fingerprint density at radius 3 is 2.54 bits per heavy atom. The molecule has 1 aromatic carbocycles. The molecule has 1 aliphatic rings. The van der Waals surface area contributed by atoms with Gasteiger partial charge in [-0.25, -0.2) is 9.37 Å². The van der Waals surface area contributed by atoms with Gasteiger partial charge < -0.3 is 22.1 Å². The highest BCUT2D eigenvalue weighted by Crippen LogP contribution is 2.39. The molecule has 28 heavy (non-hydrogen) atoms. The topological polar surface area (TPSA) is 136 Å². The van der Waals surface area contributed by atoms with Gasteiger partial charge in [-0.15, -0.1) is 0 Å². The zero-order chi connectivity index (χ0) is 19.9. The van der Waals surface area contributed by atoms with Crippen LogP contribution in [0.2, 0.25) is 0 Å². The van der Waals surface area contributed by atoms with Gasteiger partial charge in [-0.05, 0) is 31.0 Å². The van der Waals surface area contributed by atoms with Crippen LogP contribution in [-0.2, 0) is 4.79 Å². The lowest BCUT2D eigenvalue weighted by Gasteiger charge is -2.17. The van der Waals surface area contributed by atoms with Crippen molar-refractivity contribution >= 4 is 40.0 Å². The smallest absolute Gasteiger partial charge is 0.252 e. The molecule has 1 aliphatic carbocycles. The molecule has 4 rings (SSSR count). The van der Waals surface area contributed by atoms with Gasteiger partial charge in [0, 0.05) is 5.39 Å². The van der Waals surface area contributed by atoms with E-state index in [1.807, 2.05) is 30.3 Å². The Bertz CT molecular complexity index is 1110. The van der Waals surface area contributed by atoms with Crippen molar-refractivity contribution in [3.8, 4) is 0 Å². The molecular weight excluding hydrogens is 363 g/mol. The number of benzene rings is 1. The molecule has 8 nitrogen and oxygen atoms in total. The van der Waals surface area contributed by atoms with Crippen LogP contribution in [0.4, 0.5) is 21.7 Å². The lowest BCUT2D eigenvalue weighted by atomic mass is 10.2. The Labute approximate surface area is 159 Å². The zero-order valence-corrected chi connectivity index (χ0v) is 14.7. The van der Waals surface area contributed by atoms with Crippen LogP contribution >= 0.6 is 0 Å². The summed E-state index contributed by atoms with van der Waals surface area (Å²) in [5, 5.41) is 6.58. The fourth-order valence-electron chi connectivity index (χ4n) is 2.92. The largest absolute Gasteiger partial charge is 0.368 e. The van der Waals surface area contributed by atoms with Crippen LogP contribution in [0.3, 0.4) is 0 Å². The van der Waals surface area contributed by atoms with Crippen LogP contribution in [0.1, 0.15) is 23.2 Å². The summed E-state index contributed by atoms with van der Waals surface area (Å²) in [6, 6.07) is 10.3. The first kappa shape index (κ1) is 17.7. The number of nitrogens with one attached hydrogen (secondary N) is 2. The molecule has 0 saturated heterocycles. The van der Waals surface area contributed by atoms with Crippen molar-refractivity contribution in [2.75, 3.05) is 10.6 Å². The number of primary amides is 2. The molecule has 6 N–H and O–H groups in total.